The van der Waals surface area contributed by atoms with Gasteiger partial charge in [0.25, 0.3) is 5.91 Å². The lowest BCUT2D eigenvalue weighted by Crippen LogP contribution is -2.43. The van der Waals surface area contributed by atoms with Crippen molar-refractivity contribution in [3.8, 4) is 11.5 Å². The minimum absolute atomic E-state index is 0.0494. The van der Waals surface area contributed by atoms with Crippen LogP contribution < -0.4 is 19.9 Å². The molecule has 1 aliphatic rings. The van der Waals surface area contributed by atoms with Crippen molar-refractivity contribution in [2.75, 3.05) is 13.7 Å². The van der Waals surface area contributed by atoms with E-state index in [1.165, 1.54) is 19.2 Å². The maximum absolute atomic E-state index is 12.6. The summed E-state index contributed by atoms with van der Waals surface area (Å²) in [6.45, 7) is 1.92. The number of benzene rings is 2. The molecule has 144 valence electrons. The number of amides is 1. The Morgan fingerprint density at radius 3 is 2.74 bits per heavy atom. The Balaban J connectivity index is 1.82. The molecule has 2 aromatic rings. The molecule has 1 heterocycles. The number of carbonyl (C=O) groups is 1. The SMILES string of the molecule is COc1ccc(Cl)cc1C(=O)NC1COc2cc(C)c(S(N)(=O)=O)cc2C1. The van der Waals surface area contributed by atoms with E-state index in [0.717, 1.165) is 0 Å². The first-order valence-corrected chi connectivity index (χ1v) is 10.0. The highest BCUT2D eigenvalue weighted by atomic mass is 35.5. The van der Waals surface area contributed by atoms with Crippen molar-refractivity contribution < 1.29 is 22.7 Å². The van der Waals surface area contributed by atoms with Crippen molar-refractivity contribution in [1.29, 1.82) is 0 Å². The summed E-state index contributed by atoms with van der Waals surface area (Å²) in [6.07, 6.45) is 0.409. The van der Waals surface area contributed by atoms with Crippen molar-refractivity contribution in [1.82, 2.24) is 5.32 Å². The summed E-state index contributed by atoms with van der Waals surface area (Å²) in [6, 6.07) is 7.57. The van der Waals surface area contributed by atoms with E-state index in [9.17, 15) is 13.2 Å². The Morgan fingerprint density at radius 2 is 2.07 bits per heavy atom. The number of carbonyl (C=O) groups excluding carboxylic acids is 1. The molecular weight excluding hydrogens is 392 g/mol. The maximum atomic E-state index is 12.6. The Morgan fingerprint density at radius 1 is 1.33 bits per heavy atom. The van der Waals surface area contributed by atoms with Gasteiger partial charge < -0.3 is 14.8 Å². The first kappa shape index (κ1) is 19.5. The average Bonchev–Trinajstić information content (AvgIpc) is 2.60. The zero-order valence-corrected chi connectivity index (χ0v) is 16.4. The van der Waals surface area contributed by atoms with Gasteiger partial charge in [-0.3, -0.25) is 4.79 Å². The fourth-order valence-electron chi connectivity index (χ4n) is 3.03. The average molecular weight is 411 g/mol. The Labute approximate surface area is 162 Å². The molecule has 1 aliphatic heterocycles. The van der Waals surface area contributed by atoms with Gasteiger partial charge in [-0.1, -0.05) is 11.6 Å². The van der Waals surface area contributed by atoms with Gasteiger partial charge in [-0.25, -0.2) is 13.6 Å². The molecular formula is C18H19ClN2O5S. The number of hydrogen-bond donors (Lipinski definition) is 2. The molecule has 2 aromatic carbocycles. The first-order valence-electron chi connectivity index (χ1n) is 8.12. The van der Waals surface area contributed by atoms with Crippen LogP contribution in [0.3, 0.4) is 0 Å². The quantitative estimate of drug-likeness (QED) is 0.801. The highest BCUT2D eigenvalue weighted by molar-refractivity contribution is 7.89. The molecule has 0 saturated heterocycles. The summed E-state index contributed by atoms with van der Waals surface area (Å²) in [5, 5.41) is 8.55. The molecule has 27 heavy (non-hydrogen) atoms. The smallest absolute Gasteiger partial charge is 0.255 e. The van der Waals surface area contributed by atoms with Crippen LogP contribution in [0, 0.1) is 6.92 Å². The van der Waals surface area contributed by atoms with Gasteiger partial charge in [-0.15, -0.1) is 0 Å². The van der Waals surface area contributed by atoms with E-state index in [1.807, 2.05) is 0 Å². The fraction of sp³-hybridized carbons (Fsp3) is 0.278. The maximum Gasteiger partial charge on any atom is 0.255 e. The summed E-state index contributed by atoms with van der Waals surface area (Å²) in [4.78, 5) is 12.7. The Bertz CT molecular complexity index is 1010. The number of nitrogens with one attached hydrogen (secondary N) is 1. The van der Waals surface area contributed by atoms with Crippen LogP contribution in [0.2, 0.25) is 5.02 Å². The lowest BCUT2D eigenvalue weighted by Gasteiger charge is -2.27. The zero-order chi connectivity index (χ0) is 19.8. The zero-order valence-electron chi connectivity index (χ0n) is 14.8. The van der Waals surface area contributed by atoms with Gasteiger partial charge in [0, 0.05) is 5.02 Å². The number of hydrogen-bond acceptors (Lipinski definition) is 5. The number of halogens is 1. The van der Waals surface area contributed by atoms with E-state index >= 15 is 0 Å². The second-order valence-corrected chi connectivity index (χ2v) is 8.27. The van der Waals surface area contributed by atoms with Crippen molar-refractivity contribution in [2.45, 2.75) is 24.3 Å². The predicted molar refractivity (Wildman–Crippen MR) is 101 cm³/mol. The van der Waals surface area contributed by atoms with Gasteiger partial charge in [0.2, 0.25) is 10.0 Å². The van der Waals surface area contributed by atoms with E-state index in [-0.39, 0.29) is 23.5 Å². The largest absolute Gasteiger partial charge is 0.496 e. The van der Waals surface area contributed by atoms with Gasteiger partial charge >= 0.3 is 0 Å². The topological polar surface area (TPSA) is 108 Å². The number of sulfonamides is 1. The highest BCUT2D eigenvalue weighted by Crippen LogP contribution is 2.30. The molecule has 1 atom stereocenters. The molecule has 1 unspecified atom stereocenters. The summed E-state index contributed by atoms with van der Waals surface area (Å²) < 4.78 is 34.4. The molecule has 3 rings (SSSR count). The van der Waals surface area contributed by atoms with Crippen LogP contribution in [0.25, 0.3) is 0 Å². The van der Waals surface area contributed by atoms with Crippen LogP contribution >= 0.6 is 11.6 Å². The molecule has 0 aromatic heterocycles. The summed E-state index contributed by atoms with van der Waals surface area (Å²) in [5.74, 6) is 0.636. The van der Waals surface area contributed by atoms with Gasteiger partial charge in [-0.2, -0.15) is 0 Å². The molecule has 0 spiro atoms. The molecule has 0 aliphatic carbocycles. The molecule has 9 heteroatoms. The Hall–Kier alpha value is -2.29. The predicted octanol–water partition coefficient (Wildman–Crippen LogP) is 2.04. The standard InChI is InChI=1S/C18H19ClN2O5S/c1-10-5-16-11(7-17(10)27(20,23)24)6-13(9-26-16)21-18(22)14-8-12(19)3-4-15(14)25-2/h3-5,7-8,13H,6,9H2,1-2H3,(H,21,22)(H2,20,23,24). The van der Waals surface area contributed by atoms with Gasteiger partial charge in [0.15, 0.2) is 0 Å². The van der Waals surface area contributed by atoms with E-state index < -0.39 is 10.0 Å². The van der Waals surface area contributed by atoms with Crippen LogP contribution in [0.4, 0.5) is 0 Å². The fourth-order valence-corrected chi connectivity index (χ4v) is 4.02. The monoisotopic (exact) mass is 410 g/mol. The summed E-state index contributed by atoms with van der Waals surface area (Å²) in [7, 11) is -2.37. The molecule has 0 saturated carbocycles. The van der Waals surface area contributed by atoms with Crippen molar-refractivity contribution in [3.63, 3.8) is 0 Å². The van der Waals surface area contributed by atoms with Gasteiger partial charge in [-0.05, 0) is 54.8 Å². The molecule has 3 N–H and O–H groups in total. The van der Waals surface area contributed by atoms with E-state index in [4.69, 9.17) is 26.2 Å². The molecule has 0 bridgehead atoms. The lowest BCUT2D eigenvalue weighted by molar-refractivity contribution is 0.0912. The minimum Gasteiger partial charge on any atom is -0.496 e. The molecule has 7 nitrogen and oxygen atoms in total. The second kappa shape index (κ2) is 7.38. The number of nitrogens with two attached hydrogens (primary N) is 1. The van der Waals surface area contributed by atoms with Gasteiger partial charge in [0.05, 0.1) is 23.6 Å². The highest BCUT2D eigenvalue weighted by Gasteiger charge is 2.25. The van der Waals surface area contributed by atoms with Crippen LogP contribution in [0.5, 0.6) is 11.5 Å². The number of aryl methyl sites for hydroxylation is 1. The van der Waals surface area contributed by atoms with Crippen molar-refractivity contribution >= 4 is 27.5 Å². The number of fused-ring (bicyclic) bond motifs is 1. The second-order valence-electron chi connectivity index (χ2n) is 6.30. The number of primary sulfonamides is 1. The number of rotatable bonds is 4. The van der Waals surface area contributed by atoms with Crippen LogP contribution in [-0.2, 0) is 16.4 Å². The number of ether oxygens (including phenoxy) is 2. The summed E-state index contributed by atoms with van der Waals surface area (Å²) in [5.41, 5.74) is 1.49. The summed E-state index contributed by atoms with van der Waals surface area (Å²) >= 11 is 5.97. The van der Waals surface area contributed by atoms with Crippen LogP contribution in [-0.4, -0.2) is 34.1 Å². The Kier molecular flexibility index (Phi) is 5.32. The van der Waals surface area contributed by atoms with Gasteiger partial charge in [0.1, 0.15) is 18.1 Å². The van der Waals surface area contributed by atoms with E-state index in [0.29, 0.717) is 39.6 Å². The third kappa shape index (κ3) is 4.18. The molecule has 0 radical (unpaired) electrons. The van der Waals surface area contributed by atoms with Crippen LogP contribution in [0.1, 0.15) is 21.5 Å². The number of methoxy groups -OCH3 is 1. The normalized spacial score (nSPS) is 16.2. The third-order valence-electron chi connectivity index (χ3n) is 4.31. The van der Waals surface area contributed by atoms with E-state index in [2.05, 4.69) is 5.32 Å². The molecule has 1 amide bonds. The lowest BCUT2D eigenvalue weighted by atomic mass is 10.0. The van der Waals surface area contributed by atoms with Crippen molar-refractivity contribution in [3.05, 3.63) is 52.0 Å². The molecule has 0 fully saturated rings. The third-order valence-corrected chi connectivity index (χ3v) is 5.60. The first-order chi connectivity index (χ1) is 12.7. The van der Waals surface area contributed by atoms with Crippen LogP contribution in [0.15, 0.2) is 35.2 Å². The minimum atomic E-state index is -3.84. The van der Waals surface area contributed by atoms with Crippen molar-refractivity contribution in [2.24, 2.45) is 5.14 Å². The van der Waals surface area contributed by atoms with E-state index in [1.54, 1.807) is 25.1 Å².